The van der Waals surface area contributed by atoms with E-state index >= 15 is 0 Å². The minimum atomic E-state index is 0. The van der Waals surface area contributed by atoms with Crippen LogP contribution in [0.4, 0.5) is 0 Å². The Labute approximate surface area is 141 Å². The highest BCUT2D eigenvalue weighted by atomic mass is 127. The van der Waals surface area contributed by atoms with Gasteiger partial charge in [-0.25, -0.2) is 4.98 Å². The fourth-order valence-electron chi connectivity index (χ4n) is 2.37. The van der Waals surface area contributed by atoms with Crippen LogP contribution in [0.5, 0.6) is 0 Å². The smallest absolute Gasteiger partial charge is 0.194 e. The number of nitrogens with one attached hydrogen (secondary N) is 1. The summed E-state index contributed by atoms with van der Waals surface area (Å²) in [5.74, 6) is 1.58. The lowest BCUT2D eigenvalue weighted by molar-refractivity contribution is 0.157. The van der Waals surface area contributed by atoms with E-state index in [9.17, 15) is 0 Å². The molecule has 1 saturated heterocycles. The minimum absolute atomic E-state index is 0. The molecule has 2 rings (SSSR count). The van der Waals surface area contributed by atoms with Crippen LogP contribution < -0.4 is 5.32 Å². The van der Waals surface area contributed by atoms with E-state index in [1.165, 1.54) is 11.3 Å². The minimum Gasteiger partial charge on any atom is -0.384 e. The number of guanidine groups is 1. The van der Waals surface area contributed by atoms with Gasteiger partial charge in [0.15, 0.2) is 5.96 Å². The van der Waals surface area contributed by atoms with E-state index in [-0.39, 0.29) is 24.0 Å². The molecule has 1 fully saturated rings. The van der Waals surface area contributed by atoms with Crippen LogP contribution >= 0.6 is 35.3 Å². The molecule has 0 radical (unpaired) electrons. The Morgan fingerprint density at radius 3 is 3.05 bits per heavy atom. The van der Waals surface area contributed by atoms with Crippen LogP contribution in [0.1, 0.15) is 16.3 Å². The highest BCUT2D eigenvalue weighted by molar-refractivity contribution is 14.0. The number of methoxy groups -OCH3 is 1. The molecule has 1 atom stereocenters. The summed E-state index contributed by atoms with van der Waals surface area (Å²) in [7, 11) is 3.60. The maximum absolute atomic E-state index is 5.22. The molecule has 1 aromatic heterocycles. The number of rotatable bonds is 4. The average Bonchev–Trinajstić information content (AvgIpc) is 3.01. The quantitative estimate of drug-likeness (QED) is 0.470. The van der Waals surface area contributed by atoms with Gasteiger partial charge in [-0.2, -0.15) is 0 Å². The second-order valence-electron chi connectivity index (χ2n) is 4.82. The number of aromatic nitrogens is 1. The SMILES string of the molecule is CN=C(NCc1ncc(C)s1)N1CCC(COC)C1.I. The van der Waals surface area contributed by atoms with Crippen molar-refractivity contribution >= 4 is 41.3 Å². The van der Waals surface area contributed by atoms with Crippen LogP contribution in [0, 0.1) is 12.8 Å². The molecule has 20 heavy (non-hydrogen) atoms. The molecule has 0 bridgehead atoms. The summed E-state index contributed by atoms with van der Waals surface area (Å²) in [6, 6.07) is 0. The number of hydrogen-bond acceptors (Lipinski definition) is 4. The molecule has 0 aliphatic carbocycles. The van der Waals surface area contributed by atoms with Crippen molar-refractivity contribution in [2.75, 3.05) is 33.9 Å². The first-order chi connectivity index (χ1) is 9.22. The highest BCUT2D eigenvalue weighted by Gasteiger charge is 2.24. The second kappa shape index (κ2) is 8.78. The Morgan fingerprint density at radius 2 is 2.45 bits per heavy atom. The Kier molecular flexibility index (Phi) is 7.75. The number of aryl methyl sites for hydroxylation is 1. The number of thiazole rings is 1. The molecule has 114 valence electrons. The zero-order chi connectivity index (χ0) is 13.7. The van der Waals surface area contributed by atoms with Crippen molar-refractivity contribution in [2.24, 2.45) is 10.9 Å². The molecule has 0 spiro atoms. The van der Waals surface area contributed by atoms with E-state index in [2.05, 4.69) is 27.1 Å². The number of aliphatic imine (C=N–C) groups is 1. The molecule has 1 aliphatic heterocycles. The molecule has 1 aliphatic rings. The van der Waals surface area contributed by atoms with Gasteiger partial charge >= 0.3 is 0 Å². The first-order valence-corrected chi connectivity index (χ1v) is 7.40. The third-order valence-corrected chi connectivity index (χ3v) is 4.18. The lowest BCUT2D eigenvalue weighted by Crippen LogP contribution is -2.39. The summed E-state index contributed by atoms with van der Waals surface area (Å²) in [5, 5.41) is 4.49. The van der Waals surface area contributed by atoms with Gasteiger partial charge in [0.25, 0.3) is 0 Å². The fraction of sp³-hybridized carbons (Fsp3) is 0.692. The molecule has 5 nitrogen and oxygen atoms in total. The summed E-state index contributed by atoms with van der Waals surface area (Å²) in [6.07, 6.45) is 3.08. The molecule has 1 N–H and O–H groups in total. The van der Waals surface area contributed by atoms with E-state index in [4.69, 9.17) is 4.74 Å². The van der Waals surface area contributed by atoms with Crippen molar-refractivity contribution in [3.63, 3.8) is 0 Å². The Bertz CT molecular complexity index is 438. The summed E-state index contributed by atoms with van der Waals surface area (Å²) in [4.78, 5) is 12.2. The molecule has 1 unspecified atom stereocenters. The molecular weight excluding hydrogens is 387 g/mol. The Balaban J connectivity index is 0.00000200. The molecule has 0 aromatic carbocycles. The van der Waals surface area contributed by atoms with Gasteiger partial charge < -0.3 is 15.0 Å². The molecule has 1 aromatic rings. The molecule has 0 saturated carbocycles. The standard InChI is InChI=1S/C13H22N4OS.HI/c1-10-6-15-12(19-10)7-16-13(14-2)17-5-4-11(8-17)9-18-3;/h6,11H,4-5,7-9H2,1-3H3,(H,14,16);1H. The van der Waals surface area contributed by atoms with Gasteiger partial charge in [-0.05, 0) is 13.3 Å². The van der Waals surface area contributed by atoms with E-state index in [0.29, 0.717) is 5.92 Å². The average molecular weight is 410 g/mol. The normalized spacial score (nSPS) is 19.1. The van der Waals surface area contributed by atoms with Crippen LogP contribution in [-0.2, 0) is 11.3 Å². The van der Waals surface area contributed by atoms with Gasteiger partial charge in [0.05, 0.1) is 13.2 Å². The zero-order valence-electron chi connectivity index (χ0n) is 12.3. The fourth-order valence-corrected chi connectivity index (χ4v) is 3.09. The van der Waals surface area contributed by atoms with Crippen LogP contribution in [0.25, 0.3) is 0 Å². The number of hydrogen-bond donors (Lipinski definition) is 1. The molecule has 2 heterocycles. The Hall–Kier alpha value is -0.410. The van der Waals surface area contributed by atoms with Gasteiger partial charge in [-0.1, -0.05) is 0 Å². The maximum atomic E-state index is 5.22. The second-order valence-corrected chi connectivity index (χ2v) is 6.14. The van der Waals surface area contributed by atoms with Crippen LogP contribution in [0.2, 0.25) is 0 Å². The summed E-state index contributed by atoms with van der Waals surface area (Å²) >= 11 is 1.72. The lowest BCUT2D eigenvalue weighted by Gasteiger charge is -2.21. The summed E-state index contributed by atoms with van der Waals surface area (Å²) in [5.41, 5.74) is 0. The van der Waals surface area contributed by atoms with Crippen molar-refractivity contribution in [2.45, 2.75) is 19.9 Å². The van der Waals surface area contributed by atoms with E-state index in [1.807, 2.05) is 13.2 Å². The van der Waals surface area contributed by atoms with Crippen molar-refractivity contribution in [3.05, 3.63) is 16.1 Å². The van der Waals surface area contributed by atoms with Crippen LogP contribution in [0.15, 0.2) is 11.2 Å². The van der Waals surface area contributed by atoms with Crippen molar-refractivity contribution < 1.29 is 4.74 Å². The third-order valence-electron chi connectivity index (χ3n) is 3.27. The monoisotopic (exact) mass is 410 g/mol. The van der Waals surface area contributed by atoms with Crippen molar-refractivity contribution in [3.8, 4) is 0 Å². The molecular formula is C13H23IN4OS. The number of ether oxygens (including phenoxy) is 1. The predicted molar refractivity (Wildman–Crippen MR) is 94.0 cm³/mol. The van der Waals surface area contributed by atoms with Crippen molar-refractivity contribution in [1.29, 1.82) is 0 Å². The highest BCUT2D eigenvalue weighted by Crippen LogP contribution is 2.17. The van der Waals surface area contributed by atoms with Crippen LogP contribution in [0.3, 0.4) is 0 Å². The lowest BCUT2D eigenvalue weighted by atomic mass is 10.1. The van der Waals surface area contributed by atoms with Gasteiger partial charge in [0, 0.05) is 44.2 Å². The van der Waals surface area contributed by atoms with Crippen LogP contribution in [-0.4, -0.2) is 49.7 Å². The number of halogens is 1. The van der Waals surface area contributed by atoms with Gasteiger partial charge in [-0.15, -0.1) is 35.3 Å². The van der Waals surface area contributed by atoms with Crippen molar-refractivity contribution in [1.82, 2.24) is 15.2 Å². The van der Waals surface area contributed by atoms with E-state index in [0.717, 1.165) is 37.2 Å². The summed E-state index contributed by atoms with van der Waals surface area (Å²) in [6.45, 7) is 5.72. The van der Waals surface area contributed by atoms with Gasteiger partial charge in [-0.3, -0.25) is 4.99 Å². The first-order valence-electron chi connectivity index (χ1n) is 6.58. The van der Waals surface area contributed by atoms with Gasteiger partial charge in [0.2, 0.25) is 0 Å². The zero-order valence-corrected chi connectivity index (χ0v) is 15.4. The van der Waals surface area contributed by atoms with Gasteiger partial charge in [0.1, 0.15) is 5.01 Å². The molecule has 0 amide bonds. The Morgan fingerprint density at radius 1 is 1.65 bits per heavy atom. The largest absolute Gasteiger partial charge is 0.384 e. The van der Waals surface area contributed by atoms with E-state index < -0.39 is 0 Å². The third kappa shape index (κ3) is 4.85. The summed E-state index contributed by atoms with van der Waals surface area (Å²) < 4.78 is 5.22. The number of nitrogens with zero attached hydrogens (tertiary/aromatic N) is 3. The topological polar surface area (TPSA) is 49.8 Å². The molecule has 7 heteroatoms. The maximum Gasteiger partial charge on any atom is 0.194 e. The predicted octanol–water partition coefficient (Wildman–Crippen LogP) is 2.11. The number of likely N-dealkylation sites (tertiary alicyclic amines) is 1. The van der Waals surface area contributed by atoms with E-state index in [1.54, 1.807) is 18.4 Å². The first kappa shape index (κ1) is 17.6.